The summed E-state index contributed by atoms with van der Waals surface area (Å²) < 4.78 is 0. The van der Waals surface area contributed by atoms with Gasteiger partial charge in [-0.2, -0.15) is 0 Å². The first-order valence-electron chi connectivity index (χ1n) is 5.85. The Bertz CT molecular complexity index is 192. The Morgan fingerprint density at radius 2 is 1.73 bits per heavy atom. The lowest BCUT2D eigenvalue weighted by Gasteiger charge is -2.54. The summed E-state index contributed by atoms with van der Waals surface area (Å²) in [5, 5.41) is 5.06. The topological polar surface area (TPSA) is 93.3 Å². The van der Waals surface area contributed by atoms with Crippen molar-refractivity contribution < 1.29 is 0 Å². The minimum absolute atomic E-state index is 0.247. The molecule has 1 saturated heterocycles. The average Bonchev–Trinajstić information content (AvgIpc) is 2.15. The van der Waals surface area contributed by atoms with Gasteiger partial charge in [0.2, 0.25) is 0 Å². The number of hydrogen-bond donors (Lipinski definition) is 4. The van der Waals surface area contributed by atoms with Crippen LogP contribution in [0.25, 0.3) is 0 Å². The Morgan fingerprint density at radius 1 is 1.20 bits per heavy atom. The highest BCUT2D eigenvalue weighted by molar-refractivity contribution is 5.06. The first-order chi connectivity index (χ1) is 7.00. The second kappa shape index (κ2) is 4.76. The minimum atomic E-state index is -0.947. The molecule has 0 amide bonds. The van der Waals surface area contributed by atoms with Crippen molar-refractivity contribution >= 4 is 0 Å². The number of nitrogens with two attached hydrogens (primary N) is 3. The normalized spacial score (nSPS) is 25.4. The lowest BCUT2D eigenvalue weighted by Crippen LogP contribution is -2.84. The van der Waals surface area contributed by atoms with E-state index < -0.39 is 5.79 Å². The monoisotopic (exact) mass is 215 g/mol. The van der Waals surface area contributed by atoms with Crippen molar-refractivity contribution in [2.24, 2.45) is 17.3 Å². The van der Waals surface area contributed by atoms with Gasteiger partial charge in [0.1, 0.15) is 0 Å². The fourth-order valence-corrected chi connectivity index (χ4v) is 2.57. The van der Waals surface area contributed by atoms with E-state index in [2.05, 4.69) is 19.2 Å². The van der Waals surface area contributed by atoms with E-state index in [9.17, 15) is 0 Å². The van der Waals surface area contributed by atoms with Crippen LogP contribution in [0.3, 0.4) is 0 Å². The maximum Gasteiger partial charge on any atom is 0.152 e. The zero-order valence-corrected chi connectivity index (χ0v) is 9.92. The van der Waals surface area contributed by atoms with Gasteiger partial charge in [0, 0.05) is 13.1 Å². The number of nitrogens with zero attached hydrogens (tertiary/aromatic N) is 1. The highest BCUT2D eigenvalue weighted by Crippen LogP contribution is 2.30. The fraction of sp³-hybridized carbons (Fsp3) is 1.00. The van der Waals surface area contributed by atoms with Gasteiger partial charge in [0.05, 0.1) is 5.54 Å². The molecule has 1 aliphatic heterocycles. The molecule has 90 valence electrons. The lowest BCUT2D eigenvalue weighted by atomic mass is 9.80. The largest absolute Gasteiger partial charge is 0.306 e. The van der Waals surface area contributed by atoms with Gasteiger partial charge in [-0.05, 0) is 12.8 Å². The minimum Gasteiger partial charge on any atom is -0.306 e. The quantitative estimate of drug-likeness (QED) is 0.381. The summed E-state index contributed by atoms with van der Waals surface area (Å²) in [4.78, 5) is 0. The molecule has 0 radical (unpaired) electrons. The van der Waals surface area contributed by atoms with Gasteiger partial charge >= 0.3 is 0 Å². The number of hydrogen-bond acceptors (Lipinski definition) is 5. The Balaban J connectivity index is 2.91. The molecule has 0 spiro atoms. The Hall–Kier alpha value is -0.200. The molecular formula is C10H25N5. The van der Waals surface area contributed by atoms with Crippen LogP contribution in [0.15, 0.2) is 0 Å². The summed E-state index contributed by atoms with van der Waals surface area (Å²) in [6, 6.07) is 0. The second-order valence-corrected chi connectivity index (χ2v) is 4.53. The molecule has 1 fully saturated rings. The van der Waals surface area contributed by atoms with Crippen LogP contribution >= 0.6 is 0 Å². The van der Waals surface area contributed by atoms with E-state index in [1.807, 2.05) is 0 Å². The summed E-state index contributed by atoms with van der Waals surface area (Å²) in [5.74, 6) is 4.94. The van der Waals surface area contributed by atoms with Gasteiger partial charge in [0.25, 0.3) is 0 Å². The molecule has 5 nitrogen and oxygen atoms in total. The molecule has 1 aliphatic rings. The van der Waals surface area contributed by atoms with Crippen LogP contribution in [-0.4, -0.2) is 29.4 Å². The van der Waals surface area contributed by atoms with Crippen LogP contribution in [0, 0.1) is 0 Å². The van der Waals surface area contributed by atoms with Crippen LogP contribution < -0.4 is 22.6 Å². The molecule has 1 heterocycles. The van der Waals surface area contributed by atoms with Crippen molar-refractivity contribution in [3.63, 3.8) is 0 Å². The molecule has 0 aromatic heterocycles. The molecule has 0 aliphatic carbocycles. The fourth-order valence-electron chi connectivity index (χ4n) is 2.57. The van der Waals surface area contributed by atoms with E-state index in [1.54, 1.807) is 5.01 Å². The van der Waals surface area contributed by atoms with Crippen LogP contribution in [0.4, 0.5) is 0 Å². The van der Waals surface area contributed by atoms with Gasteiger partial charge in [-0.1, -0.05) is 26.7 Å². The predicted molar refractivity (Wildman–Crippen MR) is 62.5 cm³/mol. The van der Waals surface area contributed by atoms with Crippen molar-refractivity contribution in [2.75, 3.05) is 13.1 Å². The summed E-state index contributed by atoms with van der Waals surface area (Å²) >= 11 is 0. The zero-order valence-electron chi connectivity index (χ0n) is 9.92. The molecular weight excluding hydrogens is 190 g/mol. The lowest BCUT2D eigenvalue weighted by molar-refractivity contribution is -0.0410. The Morgan fingerprint density at radius 3 is 2.20 bits per heavy atom. The molecule has 0 aromatic rings. The number of rotatable bonds is 4. The maximum absolute atomic E-state index is 6.19. The van der Waals surface area contributed by atoms with Crippen molar-refractivity contribution in [1.82, 2.24) is 10.3 Å². The molecule has 5 heteroatoms. The van der Waals surface area contributed by atoms with Gasteiger partial charge in [-0.3, -0.25) is 17.3 Å². The number of nitrogens with one attached hydrogen (secondary N) is 1. The SMILES string of the molecule is CCCC1(CCC)NCCN(N)C1(N)N. The van der Waals surface area contributed by atoms with Crippen LogP contribution in [0.2, 0.25) is 0 Å². The third kappa shape index (κ3) is 2.16. The number of piperazine rings is 1. The van der Waals surface area contributed by atoms with Crippen molar-refractivity contribution in [2.45, 2.75) is 50.9 Å². The predicted octanol–water partition coefficient (Wildman–Crippen LogP) is -0.324. The van der Waals surface area contributed by atoms with Crippen molar-refractivity contribution in [3.05, 3.63) is 0 Å². The third-order valence-corrected chi connectivity index (χ3v) is 3.41. The summed E-state index contributed by atoms with van der Waals surface area (Å²) in [7, 11) is 0. The van der Waals surface area contributed by atoms with E-state index in [4.69, 9.17) is 17.3 Å². The number of hydrazine groups is 1. The van der Waals surface area contributed by atoms with Crippen LogP contribution in [-0.2, 0) is 0 Å². The Kier molecular flexibility index (Phi) is 4.08. The van der Waals surface area contributed by atoms with E-state index in [-0.39, 0.29) is 5.54 Å². The van der Waals surface area contributed by atoms with Gasteiger partial charge in [-0.15, -0.1) is 0 Å². The van der Waals surface area contributed by atoms with Crippen LogP contribution in [0.1, 0.15) is 39.5 Å². The highest BCUT2D eigenvalue weighted by atomic mass is 15.6. The van der Waals surface area contributed by atoms with E-state index >= 15 is 0 Å². The van der Waals surface area contributed by atoms with E-state index in [0.717, 1.165) is 32.2 Å². The van der Waals surface area contributed by atoms with Gasteiger partial charge < -0.3 is 5.32 Å². The molecule has 15 heavy (non-hydrogen) atoms. The molecule has 0 saturated carbocycles. The standard InChI is InChI=1S/C10H25N5/c1-3-5-9(6-4-2)10(11,12)15(13)8-7-14-9/h14H,3-8,11-13H2,1-2H3. The Labute approximate surface area is 92.3 Å². The molecule has 7 N–H and O–H groups in total. The molecule has 0 unspecified atom stereocenters. The summed E-state index contributed by atoms with van der Waals surface area (Å²) in [6.45, 7) is 5.84. The molecule has 0 aromatic carbocycles. The molecule has 1 rings (SSSR count). The van der Waals surface area contributed by atoms with Crippen molar-refractivity contribution in [1.29, 1.82) is 0 Å². The first kappa shape index (κ1) is 12.9. The summed E-state index contributed by atoms with van der Waals surface area (Å²) in [5.41, 5.74) is 12.1. The first-order valence-corrected chi connectivity index (χ1v) is 5.85. The summed E-state index contributed by atoms with van der Waals surface area (Å²) in [6.07, 6.45) is 4.02. The molecule has 0 atom stereocenters. The molecule has 0 bridgehead atoms. The average molecular weight is 215 g/mol. The zero-order chi connectivity index (χ0) is 11.5. The maximum atomic E-state index is 6.19. The smallest absolute Gasteiger partial charge is 0.152 e. The second-order valence-electron chi connectivity index (χ2n) is 4.53. The van der Waals surface area contributed by atoms with Gasteiger partial charge in [-0.25, -0.2) is 5.01 Å². The van der Waals surface area contributed by atoms with Gasteiger partial charge in [0.15, 0.2) is 5.79 Å². The van der Waals surface area contributed by atoms with Crippen LogP contribution in [0.5, 0.6) is 0 Å². The van der Waals surface area contributed by atoms with E-state index in [1.165, 1.54) is 0 Å². The van der Waals surface area contributed by atoms with Crippen molar-refractivity contribution in [3.8, 4) is 0 Å². The van der Waals surface area contributed by atoms with E-state index in [0.29, 0.717) is 6.54 Å². The third-order valence-electron chi connectivity index (χ3n) is 3.41. The highest BCUT2D eigenvalue weighted by Gasteiger charge is 2.50.